The Balaban J connectivity index is 3.13. The molecule has 0 heterocycles. The van der Waals surface area contributed by atoms with Crippen molar-refractivity contribution in [2.45, 2.75) is 0 Å². The lowest BCUT2D eigenvalue weighted by molar-refractivity contribution is 0.269. The molecule has 1 aromatic rings. The van der Waals surface area contributed by atoms with Crippen LogP contribution in [0.25, 0.3) is 0 Å². The monoisotopic (exact) mass is 225 g/mol. The summed E-state index contributed by atoms with van der Waals surface area (Å²) < 4.78 is 0. The Hall–Kier alpha value is -1.40. The zero-order valence-corrected chi connectivity index (χ0v) is 8.72. The Morgan fingerprint density at radius 1 is 1.40 bits per heavy atom. The van der Waals surface area contributed by atoms with Crippen LogP contribution in [-0.2, 0) is 0 Å². The van der Waals surface area contributed by atoms with E-state index in [9.17, 15) is 4.79 Å². The van der Waals surface area contributed by atoms with E-state index in [4.69, 9.17) is 24.7 Å². The van der Waals surface area contributed by atoms with Gasteiger partial charge >= 0.3 is 0 Å². The molecule has 4 N–H and O–H groups in total. The van der Waals surface area contributed by atoms with Crippen LogP contribution >= 0.6 is 11.6 Å². The molecule has 1 aromatic carbocycles. The minimum absolute atomic E-state index is 0.268. The van der Waals surface area contributed by atoms with Gasteiger partial charge in [-0.25, -0.2) is 0 Å². The largest absolute Gasteiger partial charge is 0.386 e. The van der Waals surface area contributed by atoms with Gasteiger partial charge in [-0.2, -0.15) is 0 Å². The first-order valence-corrected chi connectivity index (χ1v) is 4.44. The van der Waals surface area contributed by atoms with Crippen molar-refractivity contribution in [3.63, 3.8) is 0 Å². The lowest BCUT2D eigenvalue weighted by atomic mass is 10.1. The summed E-state index contributed by atoms with van der Waals surface area (Å²) >= 11 is 5.83. The Kier molecular flexibility index (Phi) is 3.82. The first-order chi connectivity index (χ1) is 7.08. The van der Waals surface area contributed by atoms with Crippen LogP contribution < -0.4 is 16.1 Å². The lowest BCUT2D eigenvalue weighted by Gasteiger charge is -2.12. The SMILES string of the molecule is [B]C(=O)Nc1cc(NC)c(NO)cc1Cl. The van der Waals surface area contributed by atoms with Gasteiger partial charge in [-0.15, -0.1) is 0 Å². The lowest BCUT2D eigenvalue weighted by Crippen LogP contribution is -2.09. The maximum atomic E-state index is 10.6. The molecule has 0 aliphatic heterocycles. The van der Waals surface area contributed by atoms with Crippen molar-refractivity contribution in [1.29, 1.82) is 0 Å². The third-order valence-electron chi connectivity index (χ3n) is 1.75. The Morgan fingerprint density at radius 2 is 2.07 bits per heavy atom. The summed E-state index contributed by atoms with van der Waals surface area (Å²) in [5.74, 6) is -0.705. The van der Waals surface area contributed by atoms with Gasteiger partial charge in [0, 0.05) is 7.05 Å². The van der Waals surface area contributed by atoms with Crippen molar-refractivity contribution in [2.24, 2.45) is 0 Å². The van der Waals surface area contributed by atoms with E-state index in [0.717, 1.165) is 0 Å². The van der Waals surface area contributed by atoms with Gasteiger partial charge in [-0.3, -0.25) is 15.5 Å². The summed E-state index contributed by atoms with van der Waals surface area (Å²) in [5, 5.41) is 14.2. The van der Waals surface area contributed by atoms with Gasteiger partial charge in [-0.1, -0.05) is 11.6 Å². The molecule has 0 aromatic heterocycles. The molecule has 0 spiro atoms. The van der Waals surface area contributed by atoms with E-state index in [0.29, 0.717) is 17.1 Å². The number of amides is 1. The number of nitrogens with one attached hydrogen (secondary N) is 3. The van der Waals surface area contributed by atoms with E-state index in [-0.39, 0.29) is 5.02 Å². The molecule has 0 unspecified atom stereocenters. The van der Waals surface area contributed by atoms with Crippen LogP contribution in [0.1, 0.15) is 0 Å². The molecule has 1 rings (SSSR count). The van der Waals surface area contributed by atoms with E-state index < -0.39 is 5.81 Å². The van der Waals surface area contributed by atoms with Gasteiger partial charge in [0.05, 0.1) is 22.1 Å². The fourth-order valence-electron chi connectivity index (χ4n) is 1.10. The Morgan fingerprint density at radius 3 is 2.53 bits per heavy atom. The number of halogens is 1. The van der Waals surface area contributed by atoms with Crippen LogP contribution in [0.4, 0.5) is 21.9 Å². The van der Waals surface area contributed by atoms with E-state index >= 15 is 0 Å². The molecular weight excluding hydrogens is 216 g/mol. The normalized spacial score (nSPS) is 9.53. The molecule has 0 bridgehead atoms. The van der Waals surface area contributed by atoms with Crippen LogP contribution in [0.3, 0.4) is 0 Å². The van der Waals surface area contributed by atoms with Gasteiger partial charge in [0.25, 0.3) is 0 Å². The average molecular weight is 225 g/mol. The number of carbonyl (C=O) groups excluding carboxylic acids is 1. The minimum Gasteiger partial charge on any atom is -0.386 e. The van der Waals surface area contributed by atoms with E-state index in [1.165, 1.54) is 6.07 Å². The fraction of sp³-hybridized carbons (Fsp3) is 0.125. The summed E-state index contributed by atoms with van der Waals surface area (Å²) in [4.78, 5) is 10.6. The van der Waals surface area contributed by atoms with Crippen molar-refractivity contribution in [3.05, 3.63) is 17.2 Å². The zero-order valence-electron chi connectivity index (χ0n) is 7.97. The van der Waals surface area contributed by atoms with Crippen molar-refractivity contribution in [2.75, 3.05) is 23.2 Å². The smallest absolute Gasteiger partial charge is 0.201 e. The van der Waals surface area contributed by atoms with Crippen LogP contribution in [-0.4, -0.2) is 25.9 Å². The number of rotatable bonds is 3. The van der Waals surface area contributed by atoms with Crippen molar-refractivity contribution in [3.8, 4) is 0 Å². The predicted octanol–water partition coefficient (Wildman–Crippen LogP) is 1.88. The Labute approximate surface area is 93.2 Å². The topological polar surface area (TPSA) is 73.4 Å². The molecule has 0 atom stereocenters. The molecule has 7 heteroatoms. The maximum Gasteiger partial charge on any atom is 0.201 e. The van der Waals surface area contributed by atoms with Crippen LogP contribution in [0.5, 0.6) is 0 Å². The molecule has 0 saturated carbocycles. The first kappa shape index (κ1) is 11.7. The second kappa shape index (κ2) is 4.90. The third kappa shape index (κ3) is 2.77. The highest BCUT2D eigenvalue weighted by atomic mass is 35.5. The quantitative estimate of drug-likeness (QED) is 0.468. The van der Waals surface area contributed by atoms with Crippen LogP contribution in [0, 0.1) is 0 Å². The molecule has 0 aliphatic rings. The van der Waals surface area contributed by atoms with Gasteiger partial charge in [0.15, 0.2) is 5.81 Å². The highest BCUT2D eigenvalue weighted by Crippen LogP contribution is 2.32. The van der Waals surface area contributed by atoms with E-state index in [1.807, 2.05) is 5.48 Å². The van der Waals surface area contributed by atoms with Gasteiger partial charge in [0.1, 0.15) is 0 Å². The van der Waals surface area contributed by atoms with Gasteiger partial charge < -0.3 is 10.6 Å². The van der Waals surface area contributed by atoms with Crippen molar-refractivity contribution >= 4 is 42.3 Å². The summed E-state index contributed by atoms with van der Waals surface area (Å²) in [6.45, 7) is 0. The molecule has 15 heavy (non-hydrogen) atoms. The average Bonchev–Trinajstić information content (AvgIpc) is 2.19. The zero-order chi connectivity index (χ0) is 11.4. The summed E-state index contributed by atoms with van der Waals surface area (Å²) in [6.07, 6.45) is 0. The molecule has 0 saturated heterocycles. The highest BCUT2D eigenvalue weighted by molar-refractivity contribution is 6.60. The van der Waals surface area contributed by atoms with Crippen molar-refractivity contribution < 1.29 is 10.0 Å². The molecule has 0 aliphatic carbocycles. The fourth-order valence-corrected chi connectivity index (χ4v) is 1.31. The minimum atomic E-state index is -0.705. The number of carbonyl (C=O) groups is 1. The summed E-state index contributed by atoms with van der Waals surface area (Å²) in [6, 6.07) is 3.00. The first-order valence-electron chi connectivity index (χ1n) is 4.06. The molecule has 5 nitrogen and oxygen atoms in total. The van der Waals surface area contributed by atoms with E-state index in [2.05, 4.69) is 10.6 Å². The third-order valence-corrected chi connectivity index (χ3v) is 2.07. The van der Waals surface area contributed by atoms with Gasteiger partial charge in [0.2, 0.25) is 7.85 Å². The van der Waals surface area contributed by atoms with Gasteiger partial charge in [-0.05, 0) is 12.1 Å². The summed E-state index contributed by atoms with van der Waals surface area (Å²) in [5.41, 5.74) is 3.32. The van der Waals surface area contributed by atoms with Crippen molar-refractivity contribution in [1.82, 2.24) is 0 Å². The number of hydrogen-bond acceptors (Lipinski definition) is 4. The molecule has 78 valence electrons. The highest BCUT2D eigenvalue weighted by Gasteiger charge is 2.08. The molecule has 1 amide bonds. The van der Waals surface area contributed by atoms with Crippen LogP contribution in [0.15, 0.2) is 12.1 Å². The molecule has 2 radical (unpaired) electrons. The Bertz CT molecular complexity index is 386. The van der Waals surface area contributed by atoms with Crippen LogP contribution in [0.2, 0.25) is 5.02 Å². The maximum absolute atomic E-state index is 10.6. The predicted molar refractivity (Wildman–Crippen MR) is 61.2 cm³/mol. The standard InChI is InChI=1S/C8H9BClN3O2/c1-11-6-3-5(12-8(9)14)4(10)2-7(6)13-15/h2-3,11,13,15H,1H3,(H,12,14). The van der Waals surface area contributed by atoms with E-state index in [1.54, 1.807) is 13.1 Å². The molecular formula is C8H9BClN3O2. The number of hydrogen-bond donors (Lipinski definition) is 4. The summed E-state index contributed by atoms with van der Waals surface area (Å²) in [7, 11) is 6.63. The second-order valence-electron chi connectivity index (χ2n) is 2.73. The second-order valence-corrected chi connectivity index (χ2v) is 3.14. The number of benzene rings is 1. The number of anilines is 3. The molecule has 0 fully saturated rings.